The molecule has 24 heavy (non-hydrogen) atoms. The summed E-state index contributed by atoms with van der Waals surface area (Å²) in [6, 6.07) is 3.93. The van der Waals surface area contributed by atoms with Gasteiger partial charge in [-0.3, -0.25) is 14.4 Å². The van der Waals surface area contributed by atoms with Gasteiger partial charge in [0.05, 0.1) is 5.56 Å². The Morgan fingerprint density at radius 2 is 1.79 bits per heavy atom. The van der Waals surface area contributed by atoms with Crippen LogP contribution in [0.15, 0.2) is 18.2 Å². The maximum absolute atomic E-state index is 14.0. The van der Waals surface area contributed by atoms with E-state index in [1.54, 1.807) is 16.7 Å². The Kier molecular flexibility index (Phi) is 5.89. The summed E-state index contributed by atoms with van der Waals surface area (Å²) in [4.78, 5) is 38.8. The number of nitrogens with one attached hydrogen (secondary N) is 1. The number of hydrogen-bond acceptors (Lipinski definition) is 3. The monoisotopic (exact) mass is 335 g/mol. The Labute approximate surface area is 140 Å². The first-order valence-corrected chi connectivity index (χ1v) is 8.06. The van der Waals surface area contributed by atoms with Crippen molar-refractivity contribution in [1.82, 2.24) is 9.80 Å². The molecule has 130 valence electrons. The number of amides is 3. The molecule has 0 atom stereocenters. The highest BCUT2D eigenvalue weighted by Gasteiger charge is 2.24. The molecule has 1 fully saturated rings. The van der Waals surface area contributed by atoms with Gasteiger partial charge < -0.3 is 15.1 Å². The molecular formula is C17H22FN3O3. The third-order valence-electron chi connectivity index (χ3n) is 3.96. The van der Waals surface area contributed by atoms with E-state index >= 15 is 0 Å². The summed E-state index contributed by atoms with van der Waals surface area (Å²) >= 11 is 0. The second kappa shape index (κ2) is 7.90. The summed E-state index contributed by atoms with van der Waals surface area (Å²) in [6.45, 7) is 5.04. The summed E-state index contributed by atoms with van der Waals surface area (Å²) in [7, 11) is 0. The van der Waals surface area contributed by atoms with E-state index in [1.165, 1.54) is 25.1 Å². The summed E-state index contributed by atoms with van der Waals surface area (Å²) in [5, 5.41) is 2.54. The van der Waals surface area contributed by atoms with Crippen molar-refractivity contribution < 1.29 is 18.8 Å². The molecule has 6 nitrogen and oxygen atoms in total. The number of nitrogens with zero attached hydrogens (tertiary/aromatic N) is 2. The topological polar surface area (TPSA) is 69.7 Å². The summed E-state index contributed by atoms with van der Waals surface area (Å²) < 4.78 is 14.0. The molecule has 1 aliphatic heterocycles. The average molecular weight is 335 g/mol. The zero-order valence-electron chi connectivity index (χ0n) is 14.0. The molecule has 1 saturated heterocycles. The van der Waals surface area contributed by atoms with Crippen LogP contribution in [0.3, 0.4) is 0 Å². The van der Waals surface area contributed by atoms with Crippen LogP contribution in [-0.2, 0) is 9.59 Å². The zero-order valence-corrected chi connectivity index (χ0v) is 14.0. The van der Waals surface area contributed by atoms with Gasteiger partial charge in [0.2, 0.25) is 11.8 Å². The van der Waals surface area contributed by atoms with Gasteiger partial charge in [0.1, 0.15) is 5.82 Å². The average Bonchev–Trinajstić information content (AvgIpc) is 2.81. The lowest BCUT2D eigenvalue weighted by Crippen LogP contribution is -2.37. The van der Waals surface area contributed by atoms with Gasteiger partial charge >= 0.3 is 0 Å². The van der Waals surface area contributed by atoms with Crippen molar-refractivity contribution in [2.75, 3.05) is 31.5 Å². The molecule has 0 aliphatic carbocycles. The minimum atomic E-state index is -0.625. The lowest BCUT2D eigenvalue weighted by atomic mass is 10.1. The SMILES string of the molecule is CCC(=O)N1CCCN(C(=O)c2cc(NC(C)=O)ccc2F)CC1. The molecule has 0 saturated carbocycles. The van der Waals surface area contributed by atoms with Crippen molar-refractivity contribution in [3.8, 4) is 0 Å². The Balaban J connectivity index is 2.13. The van der Waals surface area contributed by atoms with Crippen molar-refractivity contribution >= 4 is 23.4 Å². The lowest BCUT2D eigenvalue weighted by Gasteiger charge is -2.22. The second-order valence-corrected chi connectivity index (χ2v) is 5.76. The van der Waals surface area contributed by atoms with E-state index in [1.807, 2.05) is 0 Å². The number of carbonyl (C=O) groups excluding carboxylic acids is 3. The largest absolute Gasteiger partial charge is 0.341 e. The number of anilines is 1. The lowest BCUT2D eigenvalue weighted by molar-refractivity contribution is -0.130. The summed E-state index contributed by atoms with van der Waals surface area (Å²) in [5.41, 5.74) is 0.307. The predicted octanol–water partition coefficient (Wildman–Crippen LogP) is 1.87. The molecule has 0 aromatic heterocycles. The maximum atomic E-state index is 14.0. The van der Waals surface area contributed by atoms with Gasteiger partial charge in [0, 0.05) is 45.2 Å². The van der Waals surface area contributed by atoms with Crippen LogP contribution in [0.5, 0.6) is 0 Å². The number of halogens is 1. The highest BCUT2D eigenvalue weighted by atomic mass is 19.1. The molecule has 1 heterocycles. The molecule has 0 spiro atoms. The fourth-order valence-electron chi connectivity index (χ4n) is 2.73. The predicted molar refractivity (Wildman–Crippen MR) is 88.1 cm³/mol. The number of hydrogen-bond donors (Lipinski definition) is 1. The van der Waals surface area contributed by atoms with E-state index in [9.17, 15) is 18.8 Å². The third kappa shape index (κ3) is 4.31. The van der Waals surface area contributed by atoms with Gasteiger partial charge in [-0.05, 0) is 24.6 Å². The molecular weight excluding hydrogens is 313 g/mol. The van der Waals surface area contributed by atoms with Crippen LogP contribution in [0.2, 0.25) is 0 Å². The van der Waals surface area contributed by atoms with Crippen molar-refractivity contribution in [1.29, 1.82) is 0 Å². The molecule has 0 radical (unpaired) electrons. The number of rotatable bonds is 3. The zero-order chi connectivity index (χ0) is 17.7. The fraction of sp³-hybridized carbons (Fsp3) is 0.471. The van der Waals surface area contributed by atoms with Gasteiger partial charge in [-0.15, -0.1) is 0 Å². The van der Waals surface area contributed by atoms with Crippen molar-refractivity contribution in [3.05, 3.63) is 29.6 Å². The first kappa shape index (κ1) is 17.9. The van der Waals surface area contributed by atoms with Crippen molar-refractivity contribution in [2.24, 2.45) is 0 Å². The normalized spacial score (nSPS) is 15.0. The van der Waals surface area contributed by atoms with Crippen molar-refractivity contribution in [3.63, 3.8) is 0 Å². The van der Waals surface area contributed by atoms with Gasteiger partial charge in [0.15, 0.2) is 0 Å². The van der Waals surface area contributed by atoms with Crippen LogP contribution in [0.1, 0.15) is 37.0 Å². The molecule has 1 aromatic carbocycles. The second-order valence-electron chi connectivity index (χ2n) is 5.76. The number of carbonyl (C=O) groups is 3. The summed E-state index contributed by atoms with van der Waals surface area (Å²) in [5.74, 6) is -1.28. The highest BCUT2D eigenvalue weighted by molar-refractivity contribution is 5.97. The van der Waals surface area contributed by atoms with Crippen LogP contribution in [-0.4, -0.2) is 53.7 Å². The quantitative estimate of drug-likeness (QED) is 0.917. The Hall–Kier alpha value is -2.44. The molecule has 1 aromatic rings. The molecule has 1 aliphatic rings. The molecule has 0 bridgehead atoms. The van der Waals surface area contributed by atoms with Crippen LogP contribution >= 0.6 is 0 Å². The van der Waals surface area contributed by atoms with E-state index < -0.39 is 11.7 Å². The summed E-state index contributed by atoms with van der Waals surface area (Å²) in [6.07, 6.45) is 1.09. The molecule has 1 N–H and O–H groups in total. The minimum absolute atomic E-state index is 0.0585. The van der Waals surface area contributed by atoms with Gasteiger partial charge in [-0.25, -0.2) is 4.39 Å². The van der Waals surface area contributed by atoms with Gasteiger partial charge in [-0.2, -0.15) is 0 Å². The third-order valence-corrected chi connectivity index (χ3v) is 3.96. The van der Waals surface area contributed by atoms with Gasteiger partial charge in [0.25, 0.3) is 5.91 Å². The van der Waals surface area contributed by atoms with Gasteiger partial charge in [-0.1, -0.05) is 6.92 Å². The highest BCUT2D eigenvalue weighted by Crippen LogP contribution is 2.18. The molecule has 7 heteroatoms. The Morgan fingerprint density at radius 1 is 1.12 bits per heavy atom. The van der Waals surface area contributed by atoms with E-state index in [0.717, 1.165) is 0 Å². The first-order valence-electron chi connectivity index (χ1n) is 8.06. The van der Waals surface area contributed by atoms with E-state index in [-0.39, 0.29) is 17.4 Å². The molecule has 2 rings (SSSR count). The molecule has 0 unspecified atom stereocenters. The minimum Gasteiger partial charge on any atom is -0.341 e. The Bertz CT molecular complexity index is 648. The number of benzene rings is 1. The van der Waals surface area contributed by atoms with Crippen LogP contribution in [0.4, 0.5) is 10.1 Å². The van der Waals surface area contributed by atoms with Crippen LogP contribution < -0.4 is 5.32 Å². The van der Waals surface area contributed by atoms with Crippen molar-refractivity contribution in [2.45, 2.75) is 26.7 Å². The Morgan fingerprint density at radius 3 is 2.46 bits per heavy atom. The van der Waals surface area contributed by atoms with E-state index in [4.69, 9.17) is 0 Å². The van der Waals surface area contributed by atoms with E-state index in [0.29, 0.717) is 44.7 Å². The molecule has 3 amide bonds. The first-order chi connectivity index (χ1) is 11.4. The fourth-order valence-corrected chi connectivity index (χ4v) is 2.73. The maximum Gasteiger partial charge on any atom is 0.256 e. The van der Waals surface area contributed by atoms with E-state index in [2.05, 4.69) is 5.32 Å². The van der Waals surface area contributed by atoms with Crippen LogP contribution in [0.25, 0.3) is 0 Å². The van der Waals surface area contributed by atoms with Crippen LogP contribution in [0, 0.1) is 5.82 Å². The standard InChI is InChI=1S/C17H22FN3O3/c1-3-16(23)20-7-4-8-21(10-9-20)17(24)14-11-13(19-12(2)22)5-6-15(14)18/h5-6,11H,3-4,7-10H2,1-2H3,(H,19,22). The smallest absolute Gasteiger partial charge is 0.256 e.